The maximum absolute atomic E-state index is 12.0. The second kappa shape index (κ2) is 8.43. The number of Topliss-reactive ketones (excluding diaryl/α,β-unsaturated/α-hetero) is 1. The number of quaternary nitrogens is 1. The molecule has 1 fully saturated rings. The maximum Gasteiger partial charge on any atom is 0.168 e. The van der Waals surface area contributed by atoms with E-state index in [2.05, 4.69) is 26.2 Å². The fourth-order valence-electron chi connectivity index (χ4n) is 2.88. The Morgan fingerprint density at radius 1 is 1.10 bits per heavy atom. The lowest BCUT2D eigenvalue weighted by Crippen LogP contribution is -3.05. The predicted octanol–water partition coefficient (Wildman–Crippen LogP) is -0.544. The van der Waals surface area contributed by atoms with E-state index in [-0.39, 0.29) is 18.2 Å². The molecule has 0 bridgehead atoms. The highest BCUT2D eigenvalue weighted by atomic mass is 35.5. The monoisotopic (exact) mass is 295 g/mol. The van der Waals surface area contributed by atoms with E-state index in [1.807, 2.05) is 12.1 Å². The summed E-state index contributed by atoms with van der Waals surface area (Å²) in [6.45, 7) is 0.906. The molecule has 1 saturated carbocycles. The third-order valence-corrected chi connectivity index (χ3v) is 4.16. The van der Waals surface area contributed by atoms with Gasteiger partial charge in [0.15, 0.2) is 5.78 Å². The highest BCUT2D eigenvalue weighted by Gasteiger charge is 2.16. The average molecular weight is 296 g/mol. The Labute approximate surface area is 129 Å². The number of hydrogen-bond acceptors (Lipinski definition) is 1. The Morgan fingerprint density at radius 3 is 2.25 bits per heavy atom. The van der Waals surface area contributed by atoms with Crippen LogP contribution < -0.4 is 17.3 Å². The summed E-state index contributed by atoms with van der Waals surface area (Å²) in [7, 11) is 4.17. The van der Waals surface area contributed by atoms with Crippen LogP contribution in [-0.2, 0) is 0 Å². The minimum atomic E-state index is 0. The number of nitrogens with one attached hydrogen (secondary N) is 1. The number of halogens is 1. The van der Waals surface area contributed by atoms with Crippen LogP contribution in [0.15, 0.2) is 24.3 Å². The molecule has 0 radical (unpaired) electrons. The molecular weight excluding hydrogens is 270 g/mol. The first-order chi connectivity index (χ1) is 9.16. The zero-order chi connectivity index (χ0) is 13.7. The topological polar surface area (TPSA) is 21.5 Å². The first kappa shape index (κ1) is 17.2. The molecule has 0 unspecified atom stereocenters. The molecule has 2 nitrogen and oxygen atoms in total. The molecule has 0 atom stereocenters. The molecule has 2 rings (SSSR count). The summed E-state index contributed by atoms with van der Waals surface area (Å²) in [6, 6.07) is 8.39. The fraction of sp³-hybridized carbons (Fsp3) is 0.588. The van der Waals surface area contributed by atoms with Gasteiger partial charge in [-0.1, -0.05) is 43.5 Å². The number of benzene rings is 1. The van der Waals surface area contributed by atoms with Crippen LogP contribution in [0, 0.1) is 0 Å². The van der Waals surface area contributed by atoms with E-state index < -0.39 is 0 Å². The van der Waals surface area contributed by atoms with Gasteiger partial charge in [0.05, 0.1) is 27.1 Å². The van der Waals surface area contributed by atoms with E-state index in [4.69, 9.17) is 0 Å². The zero-order valence-corrected chi connectivity index (χ0v) is 13.4. The van der Waals surface area contributed by atoms with Crippen molar-refractivity contribution < 1.29 is 22.1 Å². The van der Waals surface area contributed by atoms with Gasteiger partial charge < -0.3 is 17.3 Å². The molecule has 0 amide bonds. The molecule has 3 heteroatoms. The molecule has 0 aliphatic heterocycles. The summed E-state index contributed by atoms with van der Waals surface area (Å²) >= 11 is 0. The molecule has 1 aromatic carbocycles. The van der Waals surface area contributed by atoms with E-state index in [9.17, 15) is 4.79 Å². The predicted molar refractivity (Wildman–Crippen MR) is 78.9 cm³/mol. The van der Waals surface area contributed by atoms with Crippen molar-refractivity contribution >= 4 is 5.78 Å². The van der Waals surface area contributed by atoms with Crippen LogP contribution in [0.2, 0.25) is 0 Å². The van der Waals surface area contributed by atoms with Crippen molar-refractivity contribution in [3.63, 3.8) is 0 Å². The van der Waals surface area contributed by atoms with Crippen LogP contribution in [0.1, 0.15) is 60.4 Å². The van der Waals surface area contributed by atoms with Crippen LogP contribution in [0.4, 0.5) is 0 Å². The summed E-state index contributed by atoms with van der Waals surface area (Å²) in [6.07, 6.45) is 7.38. The van der Waals surface area contributed by atoms with E-state index in [0.29, 0.717) is 6.42 Å². The van der Waals surface area contributed by atoms with Gasteiger partial charge in [-0.3, -0.25) is 4.79 Å². The standard InChI is InChI=1S/C17H25NO.ClH/c1-18(2)13-12-17(19)16-10-8-15(9-11-16)14-6-4-3-5-7-14;/h8-11,14H,3-7,12-13H2,1-2H3;1H. The third kappa shape index (κ3) is 4.92. The summed E-state index contributed by atoms with van der Waals surface area (Å²) in [4.78, 5) is 13.3. The van der Waals surface area contributed by atoms with Crippen LogP contribution in [0.25, 0.3) is 0 Å². The van der Waals surface area contributed by atoms with Crippen LogP contribution in [0.5, 0.6) is 0 Å². The average Bonchev–Trinajstić information content (AvgIpc) is 2.46. The number of carbonyl (C=O) groups excluding carboxylic acids is 1. The molecule has 1 aliphatic rings. The van der Waals surface area contributed by atoms with Crippen molar-refractivity contribution in [2.75, 3.05) is 20.6 Å². The van der Waals surface area contributed by atoms with Gasteiger partial charge in [-0.05, 0) is 24.3 Å². The van der Waals surface area contributed by atoms with Gasteiger partial charge in [-0.2, -0.15) is 0 Å². The van der Waals surface area contributed by atoms with E-state index >= 15 is 0 Å². The minimum absolute atomic E-state index is 0. The first-order valence-electron chi connectivity index (χ1n) is 7.59. The number of rotatable bonds is 5. The molecule has 112 valence electrons. The summed E-state index contributed by atoms with van der Waals surface area (Å²) in [5, 5.41) is 0. The van der Waals surface area contributed by atoms with Gasteiger partial charge in [-0.15, -0.1) is 0 Å². The van der Waals surface area contributed by atoms with Crippen molar-refractivity contribution in [2.45, 2.75) is 44.4 Å². The smallest absolute Gasteiger partial charge is 0.168 e. The molecule has 1 N–H and O–H groups in total. The highest BCUT2D eigenvalue weighted by Crippen LogP contribution is 2.32. The molecule has 1 aliphatic carbocycles. The van der Waals surface area contributed by atoms with Crippen LogP contribution in [0.3, 0.4) is 0 Å². The third-order valence-electron chi connectivity index (χ3n) is 4.16. The summed E-state index contributed by atoms with van der Waals surface area (Å²) < 4.78 is 0. The van der Waals surface area contributed by atoms with Crippen molar-refractivity contribution in [3.8, 4) is 0 Å². The van der Waals surface area contributed by atoms with Crippen molar-refractivity contribution in [2.24, 2.45) is 0 Å². The van der Waals surface area contributed by atoms with Crippen molar-refractivity contribution in [1.82, 2.24) is 0 Å². The number of carbonyl (C=O) groups is 1. The Balaban J connectivity index is 0.00000200. The lowest BCUT2D eigenvalue weighted by molar-refractivity contribution is -0.857. The molecule has 0 aromatic heterocycles. The molecule has 0 spiro atoms. The summed E-state index contributed by atoms with van der Waals surface area (Å²) in [5.41, 5.74) is 2.30. The maximum atomic E-state index is 12.0. The van der Waals surface area contributed by atoms with Gasteiger partial charge in [-0.25, -0.2) is 0 Å². The van der Waals surface area contributed by atoms with Crippen LogP contribution in [-0.4, -0.2) is 26.4 Å². The first-order valence-corrected chi connectivity index (χ1v) is 7.59. The highest BCUT2D eigenvalue weighted by molar-refractivity contribution is 5.96. The van der Waals surface area contributed by atoms with Gasteiger partial charge in [0.25, 0.3) is 0 Å². The lowest BCUT2D eigenvalue weighted by atomic mass is 9.84. The Bertz CT molecular complexity index is 408. The Morgan fingerprint density at radius 2 is 1.70 bits per heavy atom. The van der Waals surface area contributed by atoms with E-state index in [0.717, 1.165) is 18.0 Å². The zero-order valence-electron chi connectivity index (χ0n) is 12.6. The fourth-order valence-corrected chi connectivity index (χ4v) is 2.88. The van der Waals surface area contributed by atoms with Gasteiger partial charge in [0, 0.05) is 5.56 Å². The van der Waals surface area contributed by atoms with Gasteiger partial charge >= 0.3 is 0 Å². The van der Waals surface area contributed by atoms with Gasteiger partial charge in [0.1, 0.15) is 0 Å². The SMILES string of the molecule is C[NH+](C)CCC(=O)c1ccc(C2CCCCC2)cc1.[Cl-]. The van der Waals surface area contributed by atoms with Gasteiger partial charge in [0.2, 0.25) is 0 Å². The van der Waals surface area contributed by atoms with E-state index in [1.54, 1.807) is 0 Å². The Hall–Kier alpha value is -0.860. The normalized spacial score (nSPS) is 15.9. The largest absolute Gasteiger partial charge is 1.00 e. The molecule has 0 saturated heterocycles. The van der Waals surface area contributed by atoms with Crippen molar-refractivity contribution in [3.05, 3.63) is 35.4 Å². The summed E-state index contributed by atoms with van der Waals surface area (Å²) in [5.74, 6) is 1.00. The second-order valence-corrected chi connectivity index (χ2v) is 6.09. The van der Waals surface area contributed by atoms with E-state index in [1.165, 1.54) is 42.6 Å². The molecule has 20 heavy (non-hydrogen) atoms. The van der Waals surface area contributed by atoms with Crippen molar-refractivity contribution in [1.29, 1.82) is 0 Å². The number of hydrogen-bond donors (Lipinski definition) is 1. The molecular formula is C17H26ClNO. The molecule has 0 heterocycles. The minimum Gasteiger partial charge on any atom is -1.00 e. The number of ketones is 1. The van der Waals surface area contributed by atoms with Crippen LogP contribution >= 0.6 is 0 Å². The quantitative estimate of drug-likeness (QED) is 0.724. The Kier molecular flexibility index (Phi) is 7.25. The lowest BCUT2D eigenvalue weighted by Gasteiger charge is -2.22. The molecule has 1 aromatic rings. The second-order valence-electron chi connectivity index (χ2n) is 6.09.